The van der Waals surface area contributed by atoms with E-state index in [1.165, 1.54) is 77.5 Å². The molecule has 0 radical (unpaired) electrons. The van der Waals surface area contributed by atoms with Crippen molar-refractivity contribution in [1.82, 2.24) is 9.80 Å². The summed E-state index contributed by atoms with van der Waals surface area (Å²) >= 11 is 0. The monoisotopic (exact) mass is 238 g/mol. The highest BCUT2D eigenvalue weighted by Gasteiger charge is 2.31. The molecule has 17 heavy (non-hydrogen) atoms. The van der Waals surface area contributed by atoms with E-state index in [0.717, 1.165) is 5.41 Å². The van der Waals surface area contributed by atoms with E-state index in [9.17, 15) is 0 Å². The third-order valence-electron chi connectivity index (χ3n) is 4.99. The highest BCUT2D eigenvalue weighted by molar-refractivity contribution is 4.84. The Bertz CT molecular complexity index is 179. The number of nitrogens with zero attached hydrogens (tertiary/aromatic N) is 2. The summed E-state index contributed by atoms with van der Waals surface area (Å²) < 4.78 is 0. The van der Waals surface area contributed by atoms with Crippen molar-refractivity contribution < 1.29 is 0 Å². The van der Waals surface area contributed by atoms with Gasteiger partial charge in [0.25, 0.3) is 0 Å². The van der Waals surface area contributed by atoms with Crippen LogP contribution in [0.4, 0.5) is 0 Å². The molecule has 2 aliphatic rings. The molecule has 0 aromatic heterocycles. The Morgan fingerprint density at radius 3 is 1.18 bits per heavy atom. The van der Waals surface area contributed by atoms with Crippen LogP contribution in [0, 0.1) is 5.41 Å². The van der Waals surface area contributed by atoms with E-state index in [-0.39, 0.29) is 0 Å². The highest BCUT2D eigenvalue weighted by atomic mass is 15.1. The smallest absolute Gasteiger partial charge is 0.00216 e. The minimum atomic E-state index is 0.725. The van der Waals surface area contributed by atoms with Crippen LogP contribution >= 0.6 is 0 Å². The van der Waals surface area contributed by atoms with Gasteiger partial charge in [0.05, 0.1) is 0 Å². The molecule has 100 valence electrons. The first-order chi connectivity index (χ1) is 8.20. The third-order valence-corrected chi connectivity index (χ3v) is 4.99. The van der Waals surface area contributed by atoms with Crippen molar-refractivity contribution in [3.05, 3.63) is 0 Å². The van der Waals surface area contributed by atoms with Gasteiger partial charge in [0.15, 0.2) is 0 Å². The van der Waals surface area contributed by atoms with E-state index in [1.807, 2.05) is 0 Å². The van der Waals surface area contributed by atoms with E-state index in [0.29, 0.717) is 0 Å². The molecule has 1 spiro atoms. The maximum Gasteiger partial charge on any atom is -0.00216 e. The first kappa shape index (κ1) is 13.4. The molecule has 2 fully saturated rings. The van der Waals surface area contributed by atoms with E-state index >= 15 is 0 Å². The minimum absolute atomic E-state index is 0.725. The van der Waals surface area contributed by atoms with Crippen molar-refractivity contribution in [3.63, 3.8) is 0 Å². The second kappa shape index (κ2) is 6.19. The quantitative estimate of drug-likeness (QED) is 0.640. The molecule has 0 aromatic carbocycles. The van der Waals surface area contributed by atoms with Crippen LogP contribution in [0.5, 0.6) is 0 Å². The average molecular weight is 238 g/mol. The molecule has 0 amide bonds. The molecule has 0 aromatic rings. The van der Waals surface area contributed by atoms with Gasteiger partial charge >= 0.3 is 0 Å². The standard InChI is InChI=1S/C15H30N2/c1-16-11-3-7-15(8-4-12-16)9-5-13-17(2)14-6-10-15/h3-14H2,1-2H3. The van der Waals surface area contributed by atoms with Gasteiger partial charge in [-0.05, 0) is 97.1 Å². The summed E-state index contributed by atoms with van der Waals surface area (Å²) in [6.07, 6.45) is 11.6. The topological polar surface area (TPSA) is 6.48 Å². The molecule has 2 heteroatoms. The lowest BCUT2D eigenvalue weighted by Crippen LogP contribution is -2.34. The predicted octanol–water partition coefficient (Wildman–Crippen LogP) is 2.98. The van der Waals surface area contributed by atoms with Crippen LogP contribution in [-0.2, 0) is 0 Å². The molecule has 0 bridgehead atoms. The van der Waals surface area contributed by atoms with Crippen LogP contribution in [-0.4, -0.2) is 50.1 Å². The Kier molecular flexibility index (Phi) is 4.87. The maximum atomic E-state index is 2.52. The number of likely N-dealkylation sites (tertiary alicyclic amines) is 2. The van der Waals surface area contributed by atoms with Crippen molar-refractivity contribution in [2.24, 2.45) is 5.41 Å². The van der Waals surface area contributed by atoms with Crippen LogP contribution in [0.2, 0.25) is 0 Å². The largest absolute Gasteiger partial charge is 0.306 e. The predicted molar refractivity (Wildman–Crippen MR) is 74.4 cm³/mol. The Hall–Kier alpha value is -0.0800. The Morgan fingerprint density at radius 1 is 0.588 bits per heavy atom. The zero-order chi connectivity index (χ0) is 12.1. The molecule has 2 rings (SSSR count). The lowest BCUT2D eigenvalue weighted by molar-refractivity contribution is 0.118. The van der Waals surface area contributed by atoms with Crippen molar-refractivity contribution in [3.8, 4) is 0 Å². The molecule has 0 saturated carbocycles. The first-order valence-corrected chi connectivity index (χ1v) is 7.57. The molecule has 0 unspecified atom stereocenters. The maximum absolute atomic E-state index is 2.52. The van der Waals surface area contributed by atoms with Crippen molar-refractivity contribution >= 4 is 0 Å². The van der Waals surface area contributed by atoms with Crippen LogP contribution in [0.3, 0.4) is 0 Å². The van der Waals surface area contributed by atoms with Gasteiger partial charge in [-0.1, -0.05) is 0 Å². The third kappa shape index (κ3) is 3.96. The summed E-state index contributed by atoms with van der Waals surface area (Å²) in [5.41, 5.74) is 0.725. The Balaban J connectivity index is 1.91. The number of hydrogen-bond donors (Lipinski definition) is 0. The highest BCUT2D eigenvalue weighted by Crippen LogP contribution is 2.41. The second-order valence-electron chi connectivity index (χ2n) is 6.52. The van der Waals surface area contributed by atoms with Gasteiger partial charge in [-0.25, -0.2) is 0 Å². The normalized spacial score (nSPS) is 29.3. The fourth-order valence-electron chi connectivity index (χ4n) is 3.87. The number of hydrogen-bond acceptors (Lipinski definition) is 2. The zero-order valence-electron chi connectivity index (χ0n) is 11.9. The van der Waals surface area contributed by atoms with Gasteiger partial charge in [-0.3, -0.25) is 0 Å². The SMILES string of the molecule is CN1CCCC2(CCC1)CCCN(C)CCC2. The molecular weight excluding hydrogens is 208 g/mol. The molecular formula is C15H30N2. The summed E-state index contributed by atoms with van der Waals surface area (Å²) in [7, 11) is 4.57. The van der Waals surface area contributed by atoms with Crippen molar-refractivity contribution in [1.29, 1.82) is 0 Å². The van der Waals surface area contributed by atoms with E-state index in [2.05, 4.69) is 23.9 Å². The Morgan fingerprint density at radius 2 is 0.882 bits per heavy atom. The lowest BCUT2D eigenvalue weighted by atomic mass is 9.71. The van der Waals surface area contributed by atoms with Gasteiger partial charge in [-0.15, -0.1) is 0 Å². The Labute approximate surface area is 107 Å². The van der Waals surface area contributed by atoms with Crippen molar-refractivity contribution in [2.45, 2.75) is 51.4 Å². The first-order valence-electron chi connectivity index (χ1n) is 7.57. The fraction of sp³-hybridized carbons (Fsp3) is 1.00. The average Bonchev–Trinajstić information content (AvgIpc) is 2.23. The molecule has 2 saturated heterocycles. The summed E-state index contributed by atoms with van der Waals surface area (Å²) in [6, 6.07) is 0. The van der Waals surface area contributed by atoms with Crippen LogP contribution in [0.15, 0.2) is 0 Å². The van der Waals surface area contributed by atoms with Gasteiger partial charge in [0.2, 0.25) is 0 Å². The summed E-state index contributed by atoms with van der Waals surface area (Å²) in [5, 5.41) is 0. The van der Waals surface area contributed by atoms with E-state index < -0.39 is 0 Å². The second-order valence-corrected chi connectivity index (χ2v) is 6.52. The number of rotatable bonds is 0. The molecule has 2 heterocycles. The molecule has 0 aliphatic carbocycles. The summed E-state index contributed by atoms with van der Waals surface area (Å²) in [5.74, 6) is 0. The van der Waals surface area contributed by atoms with Gasteiger partial charge in [0, 0.05) is 0 Å². The molecule has 2 nitrogen and oxygen atoms in total. The molecule has 0 N–H and O–H groups in total. The molecule has 0 atom stereocenters. The van der Waals surface area contributed by atoms with Crippen molar-refractivity contribution in [2.75, 3.05) is 40.3 Å². The minimum Gasteiger partial charge on any atom is -0.306 e. The molecule has 2 aliphatic heterocycles. The fourth-order valence-corrected chi connectivity index (χ4v) is 3.87. The van der Waals surface area contributed by atoms with Crippen LogP contribution in [0.1, 0.15) is 51.4 Å². The van der Waals surface area contributed by atoms with Gasteiger partial charge < -0.3 is 9.80 Å². The zero-order valence-corrected chi connectivity index (χ0v) is 11.9. The lowest BCUT2D eigenvalue weighted by Gasteiger charge is -2.39. The van der Waals surface area contributed by atoms with Gasteiger partial charge in [-0.2, -0.15) is 0 Å². The van der Waals surface area contributed by atoms with Crippen LogP contribution < -0.4 is 0 Å². The van der Waals surface area contributed by atoms with Gasteiger partial charge in [0.1, 0.15) is 0 Å². The summed E-state index contributed by atoms with van der Waals surface area (Å²) in [6.45, 7) is 5.28. The van der Waals surface area contributed by atoms with E-state index in [1.54, 1.807) is 0 Å². The van der Waals surface area contributed by atoms with E-state index in [4.69, 9.17) is 0 Å². The van der Waals surface area contributed by atoms with Crippen LogP contribution in [0.25, 0.3) is 0 Å². The summed E-state index contributed by atoms with van der Waals surface area (Å²) in [4.78, 5) is 5.03.